The van der Waals surface area contributed by atoms with Crippen LogP contribution >= 0.6 is 0 Å². The minimum absolute atomic E-state index is 0.123. The fourth-order valence-electron chi connectivity index (χ4n) is 3.36. The van der Waals surface area contributed by atoms with Gasteiger partial charge in [-0.25, -0.2) is 18.9 Å². The smallest absolute Gasteiger partial charge is 0.410 e. The van der Waals surface area contributed by atoms with Gasteiger partial charge in [0.1, 0.15) is 22.8 Å². The van der Waals surface area contributed by atoms with Gasteiger partial charge in [-0.2, -0.15) is 5.10 Å². The van der Waals surface area contributed by atoms with Crippen LogP contribution < -0.4 is 10.3 Å². The van der Waals surface area contributed by atoms with Crippen LogP contribution in [0.2, 0.25) is 0 Å². The molecule has 30 heavy (non-hydrogen) atoms. The molecule has 0 spiro atoms. The van der Waals surface area contributed by atoms with Crippen LogP contribution in [0, 0.1) is 5.82 Å². The standard InChI is InChI=1S/C21H16FN5O3/c22-14-6-8-16(9-7-14)30-21(29)26-11-13(12-26)18-24-19-17(20(28)25-18)10-23-27(19)15-4-2-1-3-5-15/h1-10,13H,11-12H2,(H,24,25,28). The van der Waals surface area contributed by atoms with Gasteiger partial charge in [0.15, 0.2) is 5.65 Å². The first-order valence-corrected chi connectivity index (χ1v) is 9.34. The highest BCUT2D eigenvalue weighted by atomic mass is 19.1. The molecule has 0 atom stereocenters. The topological polar surface area (TPSA) is 93.1 Å². The van der Waals surface area contributed by atoms with Crippen molar-refractivity contribution in [2.45, 2.75) is 5.92 Å². The summed E-state index contributed by atoms with van der Waals surface area (Å²) in [5, 5.41) is 4.69. The predicted molar refractivity (Wildman–Crippen MR) is 106 cm³/mol. The second-order valence-corrected chi connectivity index (χ2v) is 7.00. The summed E-state index contributed by atoms with van der Waals surface area (Å²) in [7, 11) is 0. The van der Waals surface area contributed by atoms with Gasteiger partial charge in [0.2, 0.25) is 0 Å². The van der Waals surface area contributed by atoms with Crippen molar-refractivity contribution in [1.29, 1.82) is 0 Å². The number of hydrogen-bond donors (Lipinski definition) is 1. The van der Waals surface area contributed by atoms with E-state index < -0.39 is 11.9 Å². The van der Waals surface area contributed by atoms with Gasteiger partial charge in [0.05, 0.1) is 17.8 Å². The number of carbonyl (C=O) groups is 1. The van der Waals surface area contributed by atoms with Crippen molar-refractivity contribution in [3.05, 3.63) is 82.8 Å². The zero-order chi connectivity index (χ0) is 20.7. The highest BCUT2D eigenvalue weighted by Gasteiger charge is 2.35. The minimum Gasteiger partial charge on any atom is -0.410 e. The lowest BCUT2D eigenvalue weighted by atomic mass is 10.00. The highest BCUT2D eigenvalue weighted by Crippen LogP contribution is 2.26. The van der Waals surface area contributed by atoms with Crippen LogP contribution in [0.3, 0.4) is 0 Å². The SMILES string of the molecule is O=C(Oc1ccc(F)cc1)N1CC(c2nc3c(cnn3-c3ccccc3)c(=O)[nH]2)C1. The Morgan fingerprint density at radius 3 is 2.57 bits per heavy atom. The Bertz CT molecular complexity index is 1280. The lowest BCUT2D eigenvalue weighted by molar-refractivity contribution is 0.109. The van der Waals surface area contributed by atoms with Crippen LogP contribution in [-0.2, 0) is 0 Å². The van der Waals surface area contributed by atoms with Gasteiger partial charge in [0, 0.05) is 13.1 Å². The third-order valence-electron chi connectivity index (χ3n) is 5.00. The maximum absolute atomic E-state index is 13.0. The summed E-state index contributed by atoms with van der Waals surface area (Å²) >= 11 is 0. The lowest BCUT2D eigenvalue weighted by Crippen LogP contribution is -2.50. The highest BCUT2D eigenvalue weighted by molar-refractivity contribution is 5.75. The van der Waals surface area contributed by atoms with E-state index in [0.717, 1.165) is 5.69 Å². The molecule has 150 valence electrons. The van der Waals surface area contributed by atoms with Crippen molar-refractivity contribution in [3.63, 3.8) is 0 Å². The number of hydrogen-bond acceptors (Lipinski definition) is 5. The third kappa shape index (κ3) is 3.20. The molecule has 8 nitrogen and oxygen atoms in total. The lowest BCUT2D eigenvalue weighted by Gasteiger charge is -2.37. The summed E-state index contributed by atoms with van der Waals surface area (Å²) in [6.07, 6.45) is 0.959. The molecule has 9 heteroatoms. The van der Waals surface area contributed by atoms with Crippen molar-refractivity contribution < 1.29 is 13.9 Å². The molecule has 0 unspecified atom stereocenters. The molecular weight excluding hydrogens is 389 g/mol. The molecule has 5 rings (SSSR count). The number of fused-ring (bicyclic) bond motifs is 1. The molecule has 2 aromatic carbocycles. The van der Waals surface area contributed by atoms with Gasteiger partial charge in [0.25, 0.3) is 5.56 Å². The van der Waals surface area contributed by atoms with Crippen molar-refractivity contribution in [2.75, 3.05) is 13.1 Å². The van der Waals surface area contributed by atoms with Gasteiger partial charge in [-0.15, -0.1) is 0 Å². The summed E-state index contributed by atoms with van der Waals surface area (Å²) < 4.78 is 19.8. The molecule has 1 amide bonds. The predicted octanol–water partition coefficient (Wildman–Crippen LogP) is 2.85. The molecule has 0 saturated carbocycles. The Labute approximate surface area is 169 Å². The summed E-state index contributed by atoms with van der Waals surface area (Å²) in [6.45, 7) is 0.710. The normalized spacial score (nSPS) is 14.0. The van der Waals surface area contributed by atoms with Crippen LogP contribution in [0.5, 0.6) is 5.75 Å². The van der Waals surface area contributed by atoms with E-state index >= 15 is 0 Å². The molecule has 0 bridgehead atoms. The van der Waals surface area contributed by atoms with E-state index in [9.17, 15) is 14.0 Å². The van der Waals surface area contributed by atoms with Crippen LogP contribution in [0.4, 0.5) is 9.18 Å². The number of amides is 1. The second kappa shape index (κ2) is 7.11. The number of likely N-dealkylation sites (tertiary alicyclic amines) is 1. The molecule has 1 aliphatic rings. The van der Waals surface area contributed by atoms with E-state index in [-0.39, 0.29) is 17.2 Å². The largest absolute Gasteiger partial charge is 0.415 e. The molecule has 1 saturated heterocycles. The van der Waals surface area contributed by atoms with Crippen molar-refractivity contribution in [1.82, 2.24) is 24.6 Å². The molecule has 0 aliphatic carbocycles. The van der Waals surface area contributed by atoms with Crippen LogP contribution in [0.15, 0.2) is 65.6 Å². The first-order chi connectivity index (χ1) is 14.6. The number of H-pyrrole nitrogens is 1. The van der Waals surface area contributed by atoms with Crippen molar-refractivity contribution in [2.24, 2.45) is 0 Å². The average molecular weight is 405 g/mol. The number of carbonyl (C=O) groups excluding carboxylic acids is 1. The number of benzene rings is 2. The number of aromatic amines is 1. The fraction of sp³-hybridized carbons (Fsp3) is 0.143. The van der Waals surface area contributed by atoms with E-state index in [1.165, 1.54) is 35.4 Å². The van der Waals surface area contributed by atoms with Gasteiger partial charge >= 0.3 is 6.09 Å². The number of ether oxygens (including phenoxy) is 1. The number of aromatic nitrogens is 4. The first-order valence-electron chi connectivity index (χ1n) is 9.34. The Balaban J connectivity index is 1.34. The Hall–Kier alpha value is -4.01. The van der Waals surface area contributed by atoms with Crippen LogP contribution in [-0.4, -0.2) is 43.8 Å². The van der Waals surface area contributed by atoms with Gasteiger partial charge in [-0.05, 0) is 36.4 Å². The van der Waals surface area contributed by atoms with Crippen molar-refractivity contribution >= 4 is 17.1 Å². The summed E-state index contributed by atoms with van der Waals surface area (Å²) in [6, 6.07) is 14.7. The van der Waals surface area contributed by atoms with E-state index in [1.807, 2.05) is 30.3 Å². The average Bonchev–Trinajstić information content (AvgIpc) is 3.14. The quantitative estimate of drug-likeness (QED) is 0.566. The first kappa shape index (κ1) is 18.0. The van der Waals surface area contributed by atoms with Crippen molar-refractivity contribution in [3.8, 4) is 11.4 Å². The molecule has 1 aliphatic heterocycles. The fourth-order valence-corrected chi connectivity index (χ4v) is 3.36. The maximum Gasteiger partial charge on any atom is 0.415 e. The Kier molecular flexibility index (Phi) is 4.27. The van der Waals surface area contributed by atoms with E-state index in [0.29, 0.717) is 29.9 Å². The molecule has 2 aromatic heterocycles. The zero-order valence-corrected chi connectivity index (χ0v) is 15.7. The molecule has 4 aromatic rings. The molecule has 1 N–H and O–H groups in total. The van der Waals surface area contributed by atoms with Gasteiger partial charge in [-0.3, -0.25) is 4.79 Å². The third-order valence-corrected chi connectivity index (χ3v) is 5.00. The molecule has 0 radical (unpaired) electrons. The summed E-state index contributed by atoms with van der Waals surface area (Å²) in [5.41, 5.74) is 0.992. The Morgan fingerprint density at radius 2 is 1.83 bits per heavy atom. The van der Waals surface area contributed by atoms with E-state index in [1.54, 1.807) is 4.68 Å². The van der Waals surface area contributed by atoms with Gasteiger partial charge in [-0.1, -0.05) is 18.2 Å². The molecule has 3 heterocycles. The minimum atomic E-state index is -0.532. The van der Waals surface area contributed by atoms with E-state index in [4.69, 9.17) is 4.74 Å². The number of halogens is 1. The molecule has 1 fully saturated rings. The monoisotopic (exact) mass is 405 g/mol. The Morgan fingerprint density at radius 1 is 1.10 bits per heavy atom. The summed E-state index contributed by atoms with van der Waals surface area (Å²) in [4.78, 5) is 33.6. The summed E-state index contributed by atoms with van der Waals surface area (Å²) in [5.74, 6) is 0.238. The zero-order valence-electron chi connectivity index (χ0n) is 15.7. The van der Waals surface area contributed by atoms with Crippen LogP contribution in [0.1, 0.15) is 11.7 Å². The second-order valence-electron chi connectivity index (χ2n) is 7.00. The maximum atomic E-state index is 13.0. The molecular formula is C21H16FN5O3. The van der Waals surface area contributed by atoms with Gasteiger partial charge < -0.3 is 14.6 Å². The van der Waals surface area contributed by atoms with E-state index in [2.05, 4.69) is 15.1 Å². The number of rotatable bonds is 3. The number of para-hydroxylation sites is 1. The van der Waals surface area contributed by atoms with Crippen LogP contribution in [0.25, 0.3) is 16.7 Å². The number of nitrogens with zero attached hydrogens (tertiary/aromatic N) is 4. The number of nitrogens with one attached hydrogen (secondary N) is 1.